The molecule has 0 saturated carbocycles. The summed E-state index contributed by atoms with van der Waals surface area (Å²) in [5.41, 5.74) is 0.360. The fourth-order valence-electron chi connectivity index (χ4n) is 3.51. The third-order valence-corrected chi connectivity index (χ3v) is 5.05. The number of carbonyl (C=O) groups excluding carboxylic acids is 2. The van der Waals surface area contributed by atoms with Gasteiger partial charge in [0.05, 0.1) is 31.4 Å². The van der Waals surface area contributed by atoms with Crippen LogP contribution >= 0.6 is 0 Å². The summed E-state index contributed by atoms with van der Waals surface area (Å²) in [4.78, 5) is 34.0. The van der Waals surface area contributed by atoms with Crippen molar-refractivity contribution in [2.45, 2.75) is 25.0 Å². The molecule has 1 amide bonds. The fourth-order valence-corrected chi connectivity index (χ4v) is 3.51. The smallest absolute Gasteiger partial charge is 0.338 e. The van der Waals surface area contributed by atoms with E-state index in [1.54, 1.807) is 6.07 Å². The summed E-state index contributed by atoms with van der Waals surface area (Å²) >= 11 is 0. The number of ether oxygens (including phenoxy) is 2. The fraction of sp³-hybridized carbons (Fsp3) is 0.348. The number of carbonyl (C=O) groups is 3. The molecule has 172 valence electrons. The summed E-state index contributed by atoms with van der Waals surface area (Å²) in [5.74, 6) is -1.44. The molecule has 0 unspecified atom stereocenters. The largest absolute Gasteiger partial charge is 0.497 e. The predicted molar refractivity (Wildman–Crippen MR) is 117 cm³/mol. The third kappa shape index (κ3) is 6.05. The second-order valence-electron chi connectivity index (χ2n) is 7.22. The highest BCUT2D eigenvalue weighted by atomic mass is 16.5. The van der Waals surface area contributed by atoms with Gasteiger partial charge in [-0.05, 0) is 36.7 Å². The minimum Gasteiger partial charge on any atom is -0.497 e. The second-order valence-corrected chi connectivity index (χ2v) is 7.22. The number of amides is 1. The van der Waals surface area contributed by atoms with Crippen LogP contribution in [0.25, 0.3) is 0 Å². The first-order valence-corrected chi connectivity index (χ1v) is 9.97. The Kier molecular flexibility index (Phi) is 8.74. The lowest BCUT2D eigenvalue weighted by molar-refractivity contribution is -0.134. The second kappa shape index (κ2) is 11.3. The van der Waals surface area contributed by atoms with E-state index < -0.39 is 29.5 Å². The van der Waals surface area contributed by atoms with Gasteiger partial charge >= 0.3 is 5.97 Å². The van der Waals surface area contributed by atoms with Gasteiger partial charge in [-0.15, -0.1) is 0 Å². The van der Waals surface area contributed by atoms with Gasteiger partial charge in [-0.25, -0.2) is 4.79 Å². The minimum absolute atomic E-state index is 0.214. The van der Waals surface area contributed by atoms with Crippen LogP contribution in [0.4, 0.5) is 0 Å². The molecule has 1 heterocycles. The predicted octanol–water partition coefficient (Wildman–Crippen LogP) is 1.55. The highest BCUT2D eigenvalue weighted by molar-refractivity contribution is 5.99. The Bertz CT molecular complexity index is 945. The molecule has 2 aromatic carbocycles. The number of hydrogen-bond donors (Lipinski definition) is 4. The van der Waals surface area contributed by atoms with Crippen LogP contribution in [0.5, 0.6) is 5.75 Å². The average Bonchev–Trinajstić information content (AvgIpc) is 2.79. The molecule has 3 rings (SSSR count). The lowest BCUT2D eigenvalue weighted by Gasteiger charge is -2.43. The van der Waals surface area contributed by atoms with Gasteiger partial charge in [0, 0.05) is 19.0 Å². The standard InChI is InChI=1S/C21H24N2O5.C2H4O2/c1-27-17-11-14(10-15(12-17)20(26)28-2)19(25)23-21(8-9-22-13-18(21)24)16-6-4-3-5-7-16;1-2(3)4/h3-7,10-12,18,22,24H,8-9,13H2,1-2H3,(H,23,25);1H3,(H,3,4)/t18-,21-;/m1./s1. The molecule has 0 radical (unpaired) electrons. The molecule has 0 aliphatic carbocycles. The van der Waals surface area contributed by atoms with Gasteiger partial charge in [0.15, 0.2) is 0 Å². The molecule has 0 spiro atoms. The molecule has 1 fully saturated rings. The maximum Gasteiger partial charge on any atom is 0.338 e. The summed E-state index contributed by atoms with van der Waals surface area (Å²) in [5, 5.41) is 24.3. The number of aliphatic hydroxyl groups excluding tert-OH is 1. The average molecular weight is 444 g/mol. The lowest BCUT2D eigenvalue weighted by atomic mass is 9.79. The molecule has 1 saturated heterocycles. The SMILES string of the molecule is CC(=O)O.COC(=O)c1cc(OC)cc(C(=O)N[C@@]2(c3ccccc3)CCNC[C@H]2O)c1. The maximum absolute atomic E-state index is 13.1. The number of benzene rings is 2. The summed E-state index contributed by atoms with van der Waals surface area (Å²) in [6, 6.07) is 13.9. The van der Waals surface area contributed by atoms with Crippen molar-refractivity contribution in [3.05, 3.63) is 65.2 Å². The molecule has 1 aliphatic heterocycles. The number of rotatable bonds is 5. The Morgan fingerprint density at radius 3 is 2.28 bits per heavy atom. The molecule has 1 aliphatic rings. The molecule has 32 heavy (non-hydrogen) atoms. The van der Waals surface area contributed by atoms with E-state index in [4.69, 9.17) is 19.4 Å². The monoisotopic (exact) mass is 444 g/mol. The van der Waals surface area contributed by atoms with Crippen LogP contribution in [-0.4, -0.2) is 61.5 Å². The maximum atomic E-state index is 13.1. The zero-order valence-electron chi connectivity index (χ0n) is 18.3. The Balaban J connectivity index is 0.000000837. The van der Waals surface area contributed by atoms with Crippen LogP contribution in [0.15, 0.2) is 48.5 Å². The molecular formula is C23H28N2O7. The Labute approximate surface area is 186 Å². The molecule has 9 heteroatoms. The molecule has 2 aromatic rings. The van der Waals surface area contributed by atoms with E-state index >= 15 is 0 Å². The first-order chi connectivity index (χ1) is 15.2. The van der Waals surface area contributed by atoms with Crippen LogP contribution in [0.1, 0.15) is 39.6 Å². The van der Waals surface area contributed by atoms with Gasteiger partial charge in [0.1, 0.15) is 5.75 Å². The molecule has 0 bridgehead atoms. The van der Waals surface area contributed by atoms with Gasteiger partial charge in [0.2, 0.25) is 0 Å². The third-order valence-electron chi connectivity index (χ3n) is 5.05. The number of carboxylic acids is 1. The van der Waals surface area contributed by atoms with Gasteiger partial charge < -0.3 is 30.3 Å². The Morgan fingerprint density at radius 1 is 1.09 bits per heavy atom. The van der Waals surface area contributed by atoms with E-state index in [2.05, 4.69) is 10.6 Å². The number of β-amino-alcohol motifs (C(OH)–C–C–N with tert-alkyl or cyclic N) is 1. The number of esters is 1. The molecule has 0 aromatic heterocycles. The van der Waals surface area contributed by atoms with Crippen molar-refractivity contribution in [3.8, 4) is 5.75 Å². The van der Waals surface area contributed by atoms with Crippen molar-refractivity contribution >= 4 is 17.8 Å². The van der Waals surface area contributed by atoms with E-state index in [-0.39, 0.29) is 11.1 Å². The van der Waals surface area contributed by atoms with Crippen molar-refractivity contribution in [3.63, 3.8) is 0 Å². The molecule has 4 N–H and O–H groups in total. The van der Waals surface area contributed by atoms with Crippen molar-refractivity contribution in [2.75, 3.05) is 27.3 Å². The Morgan fingerprint density at radius 2 is 1.72 bits per heavy atom. The number of methoxy groups -OCH3 is 2. The zero-order chi connectivity index (χ0) is 23.7. The van der Waals surface area contributed by atoms with E-state index in [0.717, 1.165) is 12.5 Å². The normalized spacial score (nSPS) is 19.7. The topological polar surface area (TPSA) is 134 Å². The van der Waals surface area contributed by atoms with Crippen LogP contribution in [0, 0.1) is 0 Å². The minimum atomic E-state index is -0.932. The number of hydrogen-bond acceptors (Lipinski definition) is 7. The number of piperidine rings is 1. The lowest BCUT2D eigenvalue weighted by Crippen LogP contribution is -2.61. The molecular weight excluding hydrogens is 416 g/mol. The van der Waals surface area contributed by atoms with Gasteiger partial charge in [-0.2, -0.15) is 0 Å². The van der Waals surface area contributed by atoms with Gasteiger partial charge in [-0.1, -0.05) is 30.3 Å². The van der Waals surface area contributed by atoms with Crippen molar-refractivity contribution < 1.29 is 34.1 Å². The Hall–Kier alpha value is -3.43. The highest BCUT2D eigenvalue weighted by Crippen LogP contribution is 2.32. The van der Waals surface area contributed by atoms with Gasteiger partial charge in [-0.3, -0.25) is 9.59 Å². The first kappa shape index (κ1) is 24.8. The number of nitrogens with one attached hydrogen (secondary N) is 2. The number of aliphatic hydroxyl groups is 1. The van der Waals surface area contributed by atoms with Crippen LogP contribution in [0.2, 0.25) is 0 Å². The van der Waals surface area contributed by atoms with Crippen LogP contribution in [0.3, 0.4) is 0 Å². The van der Waals surface area contributed by atoms with E-state index in [0.29, 0.717) is 25.3 Å². The number of aliphatic carboxylic acids is 1. The van der Waals surface area contributed by atoms with Crippen molar-refractivity contribution in [2.24, 2.45) is 0 Å². The van der Waals surface area contributed by atoms with Crippen LogP contribution < -0.4 is 15.4 Å². The van der Waals surface area contributed by atoms with E-state index in [1.165, 1.54) is 26.4 Å². The van der Waals surface area contributed by atoms with Crippen LogP contribution in [-0.2, 0) is 15.1 Å². The quantitative estimate of drug-likeness (QED) is 0.511. The summed E-state index contributed by atoms with van der Waals surface area (Å²) in [6.45, 7) is 2.10. The summed E-state index contributed by atoms with van der Waals surface area (Å²) < 4.78 is 9.97. The summed E-state index contributed by atoms with van der Waals surface area (Å²) in [6.07, 6.45) is -0.282. The molecule has 9 nitrogen and oxygen atoms in total. The van der Waals surface area contributed by atoms with Crippen molar-refractivity contribution in [1.29, 1.82) is 0 Å². The number of carboxylic acid groups (broad SMARTS) is 1. The highest BCUT2D eigenvalue weighted by Gasteiger charge is 2.43. The first-order valence-electron chi connectivity index (χ1n) is 9.97. The summed E-state index contributed by atoms with van der Waals surface area (Å²) in [7, 11) is 2.73. The van der Waals surface area contributed by atoms with E-state index in [1.807, 2.05) is 30.3 Å². The van der Waals surface area contributed by atoms with E-state index in [9.17, 15) is 14.7 Å². The van der Waals surface area contributed by atoms with Gasteiger partial charge in [0.25, 0.3) is 11.9 Å². The van der Waals surface area contributed by atoms with Crippen molar-refractivity contribution in [1.82, 2.24) is 10.6 Å². The molecule has 2 atom stereocenters. The zero-order valence-corrected chi connectivity index (χ0v) is 18.3.